The van der Waals surface area contributed by atoms with Crippen molar-refractivity contribution in [2.75, 3.05) is 7.05 Å². The highest BCUT2D eigenvalue weighted by atomic mass is 16.1. The summed E-state index contributed by atoms with van der Waals surface area (Å²) in [6, 6.07) is 0.0148. The molecule has 1 unspecified atom stereocenters. The SMILES string of the molecule is C=C/C=C(\C=NC)C(=O)NC(C)/C=C\C. The van der Waals surface area contributed by atoms with Crippen LogP contribution >= 0.6 is 0 Å². The van der Waals surface area contributed by atoms with E-state index in [2.05, 4.69) is 16.9 Å². The van der Waals surface area contributed by atoms with E-state index in [4.69, 9.17) is 0 Å². The molecule has 0 aliphatic rings. The van der Waals surface area contributed by atoms with E-state index in [9.17, 15) is 4.79 Å². The van der Waals surface area contributed by atoms with Crippen LogP contribution in [0.2, 0.25) is 0 Å². The van der Waals surface area contributed by atoms with Gasteiger partial charge in [-0.15, -0.1) is 0 Å². The second-order valence-electron chi connectivity index (χ2n) is 3.03. The van der Waals surface area contributed by atoms with Gasteiger partial charge in [0, 0.05) is 19.3 Å². The minimum Gasteiger partial charge on any atom is -0.346 e. The van der Waals surface area contributed by atoms with Crippen LogP contribution in [0.15, 0.2) is 41.4 Å². The molecule has 0 aromatic heterocycles. The molecular weight excluding hydrogens is 188 g/mol. The molecule has 1 N–H and O–H groups in total. The Morgan fingerprint density at radius 1 is 1.53 bits per heavy atom. The first-order chi connectivity index (χ1) is 7.15. The Kier molecular flexibility index (Phi) is 6.89. The summed E-state index contributed by atoms with van der Waals surface area (Å²) >= 11 is 0. The lowest BCUT2D eigenvalue weighted by Crippen LogP contribution is -2.32. The van der Waals surface area contributed by atoms with Crippen molar-refractivity contribution in [3.63, 3.8) is 0 Å². The summed E-state index contributed by atoms with van der Waals surface area (Å²) in [6.45, 7) is 7.37. The Bertz CT molecular complexity index is 301. The fourth-order valence-corrected chi connectivity index (χ4v) is 1.07. The Balaban J connectivity index is 4.52. The van der Waals surface area contributed by atoms with Crippen LogP contribution in [0.1, 0.15) is 13.8 Å². The third-order valence-corrected chi connectivity index (χ3v) is 1.67. The van der Waals surface area contributed by atoms with Crippen molar-refractivity contribution in [3.8, 4) is 0 Å². The predicted octanol–water partition coefficient (Wildman–Crippen LogP) is 1.88. The maximum atomic E-state index is 11.7. The number of amides is 1. The molecule has 0 rings (SSSR count). The number of allylic oxidation sites excluding steroid dienone is 3. The van der Waals surface area contributed by atoms with E-state index in [0.29, 0.717) is 5.57 Å². The van der Waals surface area contributed by atoms with Gasteiger partial charge in [0.1, 0.15) is 0 Å². The first-order valence-corrected chi connectivity index (χ1v) is 4.84. The minimum absolute atomic E-state index is 0.0148. The van der Waals surface area contributed by atoms with Crippen LogP contribution in [-0.2, 0) is 4.79 Å². The Morgan fingerprint density at radius 3 is 2.67 bits per heavy atom. The van der Waals surface area contributed by atoms with E-state index in [-0.39, 0.29) is 11.9 Å². The summed E-state index contributed by atoms with van der Waals surface area (Å²) in [4.78, 5) is 15.5. The molecule has 1 atom stereocenters. The van der Waals surface area contributed by atoms with E-state index in [1.807, 2.05) is 26.0 Å². The third kappa shape index (κ3) is 5.62. The topological polar surface area (TPSA) is 41.5 Å². The average Bonchev–Trinajstić information content (AvgIpc) is 2.17. The van der Waals surface area contributed by atoms with E-state index in [1.54, 1.807) is 19.2 Å². The van der Waals surface area contributed by atoms with E-state index in [1.165, 1.54) is 6.21 Å². The van der Waals surface area contributed by atoms with Crippen molar-refractivity contribution in [1.82, 2.24) is 5.32 Å². The molecule has 1 amide bonds. The van der Waals surface area contributed by atoms with Crippen LogP contribution in [0.5, 0.6) is 0 Å². The smallest absolute Gasteiger partial charge is 0.253 e. The van der Waals surface area contributed by atoms with Crippen LogP contribution < -0.4 is 5.32 Å². The molecule has 0 aliphatic carbocycles. The van der Waals surface area contributed by atoms with Gasteiger partial charge in [-0.2, -0.15) is 0 Å². The summed E-state index contributed by atoms with van der Waals surface area (Å²) in [5, 5.41) is 2.82. The molecule has 0 saturated carbocycles. The quantitative estimate of drug-likeness (QED) is 0.317. The number of hydrogen-bond acceptors (Lipinski definition) is 2. The standard InChI is InChI=1S/C12H18N2O/c1-5-7-10(3)14-12(15)11(8-6-2)9-13-4/h5-10H,2H2,1,3-4H3,(H,14,15)/b7-5-,11-8+,13-9?. The number of nitrogens with zero attached hydrogens (tertiary/aromatic N) is 1. The number of carbonyl (C=O) groups is 1. The van der Waals surface area contributed by atoms with Gasteiger partial charge in [0.25, 0.3) is 5.91 Å². The van der Waals surface area contributed by atoms with Gasteiger partial charge in [-0.3, -0.25) is 9.79 Å². The van der Waals surface area contributed by atoms with Gasteiger partial charge in [0.05, 0.1) is 5.57 Å². The molecule has 82 valence electrons. The number of hydrogen-bond donors (Lipinski definition) is 1. The number of aliphatic imine (C=N–C) groups is 1. The molecule has 3 heteroatoms. The third-order valence-electron chi connectivity index (χ3n) is 1.67. The summed E-state index contributed by atoms with van der Waals surface area (Å²) in [5.74, 6) is -0.147. The molecule has 0 fully saturated rings. The van der Waals surface area contributed by atoms with Crippen molar-refractivity contribution >= 4 is 12.1 Å². The Labute approximate surface area is 91.3 Å². The molecule has 0 heterocycles. The molecule has 0 bridgehead atoms. The van der Waals surface area contributed by atoms with E-state index in [0.717, 1.165) is 0 Å². The average molecular weight is 206 g/mol. The van der Waals surface area contributed by atoms with Crippen LogP contribution in [0.4, 0.5) is 0 Å². The molecule has 0 aliphatic heterocycles. The van der Waals surface area contributed by atoms with Crippen molar-refractivity contribution in [2.45, 2.75) is 19.9 Å². The fourth-order valence-electron chi connectivity index (χ4n) is 1.07. The Morgan fingerprint density at radius 2 is 2.20 bits per heavy atom. The maximum absolute atomic E-state index is 11.7. The summed E-state index contributed by atoms with van der Waals surface area (Å²) < 4.78 is 0. The van der Waals surface area contributed by atoms with Gasteiger partial charge >= 0.3 is 0 Å². The molecule has 15 heavy (non-hydrogen) atoms. The first kappa shape index (κ1) is 13.4. The molecule has 0 spiro atoms. The van der Waals surface area contributed by atoms with Crippen molar-refractivity contribution in [1.29, 1.82) is 0 Å². The molecule has 0 aromatic carbocycles. The van der Waals surface area contributed by atoms with Crippen LogP contribution in [0.25, 0.3) is 0 Å². The number of carbonyl (C=O) groups excluding carboxylic acids is 1. The van der Waals surface area contributed by atoms with Gasteiger partial charge in [-0.25, -0.2) is 0 Å². The van der Waals surface area contributed by atoms with E-state index >= 15 is 0 Å². The molecule has 0 saturated heterocycles. The van der Waals surface area contributed by atoms with Crippen LogP contribution in [0.3, 0.4) is 0 Å². The molecular formula is C12H18N2O. The zero-order valence-electron chi connectivity index (χ0n) is 9.53. The van der Waals surface area contributed by atoms with Gasteiger partial charge in [0.15, 0.2) is 0 Å². The van der Waals surface area contributed by atoms with E-state index < -0.39 is 0 Å². The maximum Gasteiger partial charge on any atom is 0.253 e. The monoisotopic (exact) mass is 206 g/mol. The van der Waals surface area contributed by atoms with Crippen molar-refractivity contribution in [2.24, 2.45) is 4.99 Å². The predicted molar refractivity (Wildman–Crippen MR) is 65.1 cm³/mol. The minimum atomic E-state index is -0.147. The molecule has 0 radical (unpaired) electrons. The normalized spacial score (nSPS) is 14.5. The second kappa shape index (κ2) is 7.74. The van der Waals surface area contributed by atoms with Gasteiger partial charge in [-0.1, -0.05) is 24.8 Å². The van der Waals surface area contributed by atoms with Gasteiger partial charge < -0.3 is 5.32 Å². The Hall–Kier alpha value is -1.64. The highest BCUT2D eigenvalue weighted by Crippen LogP contribution is 1.94. The zero-order valence-corrected chi connectivity index (χ0v) is 9.53. The largest absolute Gasteiger partial charge is 0.346 e. The molecule has 0 aromatic rings. The van der Waals surface area contributed by atoms with Crippen molar-refractivity contribution in [3.05, 3.63) is 36.5 Å². The summed E-state index contributed by atoms with van der Waals surface area (Å²) in [5.41, 5.74) is 0.504. The first-order valence-electron chi connectivity index (χ1n) is 4.84. The van der Waals surface area contributed by atoms with Crippen LogP contribution in [-0.4, -0.2) is 25.2 Å². The lowest BCUT2D eigenvalue weighted by Gasteiger charge is -2.09. The zero-order chi connectivity index (χ0) is 11.7. The van der Waals surface area contributed by atoms with Crippen molar-refractivity contribution < 1.29 is 4.79 Å². The highest BCUT2D eigenvalue weighted by molar-refractivity contribution is 6.12. The van der Waals surface area contributed by atoms with Crippen LogP contribution in [0, 0.1) is 0 Å². The lowest BCUT2D eigenvalue weighted by molar-refractivity contribution is -0.117. The second-order valence-corrected chi connectivity index (χ2v) is 3.03. The lowest BCUT2D eigenvalue weighted by atomic mass is 10.2. The number of nitrogens with one attached hydrogen (secondary N) is 1. The number of rotatable bonds is 5. The highest BCUT2D eigenvalue weighted by Gasteiger charge is 2.07. The van der Waals surface area contributed by atoms with Gasteiger partial charge in [0.2, 0.25) is 0 Å². The van der Waals surface area contributed by atoms with Gasteiger partial charge in [-0.05, 0) is 19.9 Å². The summed E-state index contributed by atoms with van der Waals surface area (Å²) in [6.07, 6.45) is 8.52. The fraction of sp³-hybridized carbons (Fsp3) is 0.333. The summed E-state index contributed by atoms with van der Waals surface area (Å²) in [7, 11) is 1.62. The molecule has 3 nitrogen and oxygen atoms in total.